The Kier molecular flexibility index (Phi) is 7.85. The number of benzene rings is 3. The second kappa shape index (κ2) is 11.4. The van der Waals surface area contributed by atoms with Crippen molar-refractivity contribution in [3.63, 3.8) is 0 Å². The molecule has 0 amide bonds. The molecule has 0 atom stereocenters. The number of hydrogen-bond acceptors (Lipinski definition) is 7. The first-order chi connectivity index (χ1) is 17.5. The number of ether oxygens (including phenoxy) is 2. The van der Waals surface area contributed by atoms with E-state index in [1.54, 1.807) is 60.7 Å². The number of aromatic nitrogens is 2. The van der Waals surface area contributed by atoms with Gasteiger partial charge >= 0.3 is 0 Å². The van der Waals surface area contributed by atoms with Crippen LogP contribution in [0, 0.1) is 11.3 Å². The van der Waals surface area contributed by atoms with Crippen molar-refractivity contribution < 1.29 is 9.47 Å². The standard InChI is InChI=1S/C26H19Cl2N5O3/c1-35-23-11-16(7-10-22(23)36-15-18-8-9-19(27)12-21(18)28)14-30-33-26-31-24(17-5-3-2-4-6-17)20(13-29)25(34)32-26/h2-12,14H,15H2,1H3,(H2,31,32,33,34). The van der Waals surface area contributed by atoms with Crippen LogP contribution in [-0.2, 0) is 6.61 Å². The fourth-order valence-electron chi connectivity index (χ4n) is 3.28. The number of anilines is 1. The molecule has 10 heteroatoms. The van der Waals surface area contributed by atoms with Crippen molar-refractivity contribution in [3.8, 4) is 28.8 Å². The van der Waals surface area contributed by atoms with Gasteiger partial charge in [0.15, 0.2) is 11.5 Å². The Labute approximate surface area is 216 Å². The predicted octanol–water partition coefficient (Wildman–Crippen LogP) is 5.65. The van der Waals surface area contributed by atoms with Crippen LogP contribution >= 0.6 is 23.2 Å². The summed E-state index contributed by atoms with van der Waals surface area (Å²) in [5.41, 5.74) is 4.47. The number of hydrogen-bond donors (Lipinski definition) is 2. The van der Waals surface area contributed by atoms with Crippen LogP contribution in [0.5, 0.6) is 11.5 Å². The zero-order valence-electron chi connectivity index (χ0n) is 19.0. The highest BCUT2D eigenvalue weighted by Gasteiger charge is 2.13. The lowest BCUT2D eigenvalue weighted by Gasteiger charge is -2.12. The molecule has 0 aliphatic carbocycles. The highest BCUT2D eigenvalue weighted by atomic mass is 35.5. The van der Waals surface area contributed by atoms with Crippen molar-refractivity contribution in [1.29, 1.82) is 5.26 Å². The zero-order valence-corrected chi connectivity index (χ0v) is 20.5. The number of aromatic amines is 1. The van der Waals surface area contributed by atoms with E-state index < -0.39 is 5.56 Å². The first kappa shape index (κ1) is 24.8. The Morgan fingerprint density at radius 1 is 1.11 bits per heavy atom. The molecular weight excluding hydrogens is 501 g/mol. The van der Waals surface area contributed by atoms with Gasteiger partial charge in [-0.15, -0.1) is 0 Å². The van der Waals surface area contributed by atoms with E-state index in [0.717, 1.165) is 5.56 Å². The van der Waals surface area contributed by atoms with Crippen molar-refractivity contribution in [2.75, 3.05) is 12.5 Å². The van der Waals surface area contributed by atoms with Crippen LogP contribution in [0.1, 0.15) is 16.7 Å². The maximum atomic E-state index is 12.4. The van der Waals surface area contributed by atoms with E-state index in [-0.39, 0.29) is 23.8 Å². The number of nitriles is 1. The van der Waals surface area contributed by atoms with Gasteiger partial charge in [0, 0.05) is 21.2 Å². The molecule has 0 fully saturated rings. The Hall–Kier alpha value is -4.32. The van der Waals surface area contributed by atoms with E-state index in [9.17, 15) is 10.1 Å². The smallest absolute Gasteiger partial charge is 0.270 e. The van der Waals surface area contributed by atoms with Crippen molar-refractivity contribution in [1.82, 2.24) is 9.97 Å². The Bertz CT molecular complexity index is 1510. The third-order valence-electron chi connectivity index (χ3n) is 5.05. The molecule has 4 rings (SSSR count). The molecule has 3 aromatic carbocycles. The summed E-state index contributed by atoms with van der Waals surface area (Å²) in [7, 11) is 1.53. The second-order valence-electron chi connectivity index (χ2n) is 7.42. The molecule has 0 spiro atoms. The van der Waals surface area contributed by atoms with Gasteiger partial charge in [0.1, 0.15) is 18.2 Å². The number of H-pyrrole nitrogens is 1. The normalized spacial score (nSPS) is 10.7. The van der Waals surface area contributed by atoms with Gasteiger partial charge in [0.25, 0.3) is 5.56 Å². The third-order valence-corrected chi connectivity index (χ3v) is 5.64. The number of halogens is 2. The van der Waals surface area contributed by atoms with Crippen LogP contribution in [0.3, 0.4) is 0 Å². The van der Waals surface area contributed by atoms with Gasteiger partial charge in [-0.3, -0.25) is 9.78 Å². The average Bonchev–Trinajstić information content (AvgIpc) is 2.88. The molecule has 0 unspecified atom stereocenters. The molecule has 8 nitrogen and oxygen atoms in total. The minimum atomic E-state index is -0.562. The fourth-order valence-corrected chi connectivity index (χ4v) is 3.74. The zero-order chi connectivity index (χ0) is 25.5. The van der Waals surface area contributed by atoms with E-state index in [1.807, 2.05) is 12.1 Å². The van der Waals surface area contributed by atoms with E-state index >= 15 is 0 Å². The summed E-state index contributed by atoms with van der Waals surface area (Å²) in [5, 5.41) is 14.6. The predicted molar refractivity (Wildman–Crippen MR) is 140 cm³/mol. The van der Waals surface area contributed by atoms with E-state index in [2.05, 4.69) is 20.5 Å². The summed E-state index contributed by atoms with van der Waals surface area (Å²) in [5.74, 6) is 1.13. The van der Waals surface area contributed by atoms with Gasteiger partial charge in [-0.05, 0) is 35.9 Å². The number of methoxy groups -OCH3 is 1. The Balaban J connectivity index is 1.49. The van der Waals surface area contributed by atoms with Crippen molar-refractivity contribution in [3.05, 3.63) is 104 Å². The SMILES string of the molecule is COc1cc(C=NNc2nc(-c3ccccc3)c(C#N)c(=O)[nH]2)ccc1OCc1ccc(Cl)cc1Cl. The van der Waals surface area contributed by atoms with Crippen LogP contribution in [-0.4, -0.2) is 23.3 Å². The topological polar surface area (TPSA) is 112 Å². The van der Waals surface area contributed by atoms with Crippen LogP contribution in [0.2, 0.25) is 10.0 Å². The molecule has 0 saturated carbocycles. The summed E-state index contributed by atoms with van der Waals surface area (Å²) in [6, 6.07) is 21.4. The van der Waals surface area contributed by atoms with Gasteiger partial charge < -0.3 is 9.47 Å². The highest BCUT2D eigenvalue weighted by Crippen LogP contribution is 2.30. The van der Waals surface area contributed by atoms with Crippen molar-refractivity contribution in [2.45, 2.75) is 6.61 Å². The van der Waals surface area contributed by atoms with E-state index in [4.69, 9.17) is 32.7 Å². The summed E-state index contributed by atoms with van der Waals surface area (Å²) >= 11 is 12.2. The van der Waals surface area contributed by atoms with Crippen LogP contribution < -0.4 is 20.5 Å². The van der Waals surface area contributed by atoms with Crippen molar-refractivity contribution >= 4 is 35.4 Å². The lowest BCUT2D eigenvalue weighted by atomic mass is 10.1. The summed E-state index contributed by atoms with van der Waals surface area (Å²) in [4.78, 5) is 19.2. The summed E-state index contributed by atoms with van der Waals surface area (Å²) in [6.07, 6.45) is 1.53. The van der Waals surface area contributed by atoms with Gasteiger partial charge in [-0.25, -0.2) is 10.4 Å². The summed E-state index contributed by atoms with van der Waals surface area (Å²) < 4.78 is 11.3. The molecule has 1 aromatic heterocycles. The molecule has 2 N–H and O–H groups in total. The number of nitrogens with zero attached hydrogens (tertiary/aromatic N) is 3. The number of rotatable bonds is 8. The minimum absolute atomic E-state index is 0.0732. The lowest BCUT2D eigenvalue weighted by molar-refractivity contribution is 0.284. The maximum Gasteiger partial charge on any atom is 0.270 e. The average molecular weight is 520 g/mol. The maximum absolute atomic E-state index is 12.4. The summed E-state index contributed by atoms with van der Waals surface area (Å²) in [6.45, 7) is 0.239. The molecule has 36 heavy (non-hydrogen) atoms. The number of hydrazone groups is 1. The van der Waals surface area contributed by atoms with E-state index in [0.29, 0.717) is 32.7 Å². The highest BCUT2D eigenvalue weighted by molar-refractivity contribution is 6.35. The monoisotopic (exact) mass is 519 g/mol. The fraction of sp³-hybridized carbons (Fsp3) is 0.0769. The van der Waals surface area contributed by atoms with Crippen LogP contribution in [0.25, 0.3) is 11.3 Å². The molecule has 0 saturated heterocycles. The van der Waals surface area contributed by atoms with Gasteiger partial charge in [-0.2, -0.15) is 10.4 Å². The van der Waals surface area contributed by atoms with Crippen LogP contribution in [0.4, 0.5) is 5.95 Å². The molecule has 0 aliphatic rings. The minimum Gasteiger partial charge on any atom is -0.493 e. The largest absolute Gasteiger partial charge is 0.493 e. The van der Waals surface area contributed by atoms with E-state index in [1.165, 1.54) is 13.3 Å². The molecular formula is C26H19Cl2N5O3. The van der Waals surface area contributed by atoms with Gasteiger partial charge in [0.05, 0.1) is 19.0 Å². The third kappa shape index (κ3) is 5.84. The number of nitrogens with one attached hydrogen (secondary N) is 2. The molecule has 1 heterocycles. The van der Waals surface area contributed by atoms with Crippen molar-refractivity contribution in [2.24, 2.45) is 5.10 Å². The van der Waals surface area contributed by atoms with Gasteiger partial charge in [0.2, 0.25) is 5.95 Å². The second-order valence-corrected chi connectivity index (χ2v) is 8.26. The molecule has 0 radical (unpaired) electrons. The Morgan fingerprint density at radius 2 is 1.92 bits per heavy atom. The molecule has 180 valence electrons. The van der Waals surface area contributed by atoms with Gasteiger partial charge in [-0.1, -0.05) is 59.6 Å². The lowest BCUT2D eigenvalue weighted by Crippen LogP contribution is -2.16. The molecule has 0 bridgehead atoms. The quantitative estimate of drug-likeness (QED) is 0.229. The first-order valence-electron chi connectivity index (χ1n) is 10.6. The molecule has 4 aromatic rings. The Morgan fingerprint density at radius 3 is 2.64 bits per heavy atom. The van der Waals surface area contributed by atoms with Crippen LogP contribution in [0.15, 0.2) is 76.6 Å². The molecule has 0 aliphatic heterocycles. The first-order valence-corrected chi connectivity index (χ1v) is 11.4.